The Morgan fingerprint density at radius 3 is 2.58 bits per heavy atom. The summed E-state index contributed by atoms with van der Waals surface area (Å²) >= 11 is 0. The van der Waals surface area contributed by atoms with Gasteiger partial charge in [-0.1, -0.05) is 31.6 Å². The van der Waals surface area contributed by atoms with Crippen LogP contribution >= 0.6 is 0 Å². The van der Waals surface area contributed by atoms with Gasteiger partial charge in [0.25, 0.3) is 5.91 Å². The summed E-state index contributed by atoms with van der Waals surface area (Å²) in [4.78, 5) is 25.7. The number of hydrogen-bond donors (Lipinski definition) is 2. The van der Waals surface area contributed by atoms with Gasteiger partial charge in [-0.15, -0.1) is 0 Å². The lowest BCUT2D eigenvalue weighted by Crippen LogP contribution is -2.50. The third kappa shape index (κ3) is 6.88. The van der Waals surface area contributed by atoms with Crippen LogP contribution in [0.1, 0.15) is 56.3 Å². The number of morpholine rings is 1. The van der Waals surface area contributed by atoms with E-state index < -0.39 is 22.0 Å². The summed E-state index contributed by atoms with van der Waals surface area (Å²) in [6.07, 6.45) is 7.70. The molecule has 0 unspecified atom stereocenters. The number of sulfonamides is 1. The minimum atomic E-state index is -3.71. The van der Waals surface area contributed by atoms with Crippen molar-refractivity contribution in [2.24, 2.45) is 5.92 Å². The fourth-order valence-corrected chi connectivity index (χ4v) is 5.54. The van der Waals surface area contributed by atoms with Gasteiger partial charge in [0.1, 0.15) is 6.04 Å². The topological polar surface area (TPSA) is 105 Å². The van der Waals surface area contributed by atoms with Crippen LogP contribution in [-0.2, 0) is 19.6 Å². The highest BCUT2D eigenvalue weighted by Crippen LogP contribution is 2.20. The van der Waals surface area contributed by atoms with Gasteiger partial charge >= 0.3 is 0 Å². The Morgan fingerprint density at radius 2 is 1.91 bits per heavy atom. The number of amides is 2. The average Bonchev–Trinajstić information content (AvgIpc) is 2.83. The summed E-state index contributed by atoms with van der Waals surface area (Å²) in [6.45, 7) is 5.54. The second-order valence-electron chi connectivity index (χ2n) is 8.89. The van der Waals surface area contributed by atoms with Crippen molar-refractivity contribution in [3.63, 3.8) is 0 Å². The molecule has 0 radical (unpaired) electrons. The first kappa shape index (κ1) is 25.4. The highest BCUT2D eigenvalue weighted by Gasteiger charge is 2.28. The Balaban J connectivity index is 1.63. The summed E-state index contributed by atoms with van der Waals surface area (Å²) in [5.41, 5.74) is 1.58. The van der Waals surface area contributed by atoms with Gasteiger partial charge < -0.3 is 15.4 Å². The van der Waals surface area contributed by atoms with Crippen LogP contribution in [0.5, 0.6) is 0 Å². The van der Waals surface area contributed by atoms with Gasteiger partial charge in [0.2, 0.25) is 15.9 Å². The molecule has 1 aromatic rings. The molecular formula is C24H35N3O5S. The zero-order valence-electron chi connectivity index (χ0n) is 19.5. The van der Waals surface area contributed by atoms with Gasteiger partial charge in [0.05, 0.1) is 18.1 Å². The molecule has 0 spiro atoms. The molecule has 1 atom stereocenters. The zero-order valence-corrected chi connectivity index (χ0v) is 20.3. The molecule has 33 heavy (non-hydrogen) atoms. The van der Waals surface area contributed by atoms with Gasteiger partial charge in [0.15, 0.2) is 0 Å². The van der Waals surface area contributed by atoms with Crippen molar-refractivity contribution in [2.45, 2.75) is 56.9 Å². The van der Waals surface area contributed by atoms with Crippen LogP contribution in [-0.4, -0.2) is 63.4 Å². The predicted octanol–water partition coefficient (Wildman–Crippen LogP) is 2.47. The molecule has 0 aromatic heterocycles. The number of rotatable bonds is 9. The number of nitrogens with one attached hydrogen (secondary N) is 2. The number of ether oxygens (including phenoxy) is 1. The molecule has 1 heterocycles. The Bertz CT molecular complexity index is 968. The first-order valence-corrected chi connectivity index (χ1v) is 13.2. The highest BCUT2D eigenvalue weighted by atomic mass is 32.2. The molecule has 0 bridgehead atoms. The average molecular weight is 478 g/mol. The molecule has 2 amide bonds. The van der Waals surface area contributed by atoms with Crippen LogP contribution in [0.3, 0.4) is 0 Å². The predicted molar refractivity (Wildman–Crippen MR) is 126 cm³/mol. The van der Waals surface area contributed by atoms with E-state index in [1.165, 1.54) is 34.9 Å². The number of benzene rings is 1. The second kappa shape index (κ2) is 11.8. The lowest BCUT2D eigenvalue weighted by atomic mass is 9.97. The maximum absolute atomic E-state index is 12.9. The van der Waals surface area contributed by atoms with Gasteiger partial charge in [-0.2, -0.15) is 4.31 Å². The van der Waals surface area contributed by atoms with Crippen LogP contribution < -0.4 is 10.6 Å². The third-order valence-corrected chi connectivity index (χ3v) is 7.96. The lowest BCUT2D eigenvalue weighted by Gasteiger charge is -2.26. The molecule has 9 heteroatoms. The van der Waals surface area contributed by atoms with E-state index in [0.29, 0.717) is 19.8 Å². The lowest BCUT2D eigenvalue weighted by molar-refractivity contribution is -0.123. The molecule has 2 aliphatic rings. The summed E-state index contributed by atoms with van der Waals surface area (Å²) in [6, 6.07) is 5.24. The smallest absolute Gasteiger partial charge is 0.251 e. The zero-order chi connectivity index (χ0) is 23.8. The standard InChI is InChI=1S/C24H35N3O5S/c1-18(2)22(24(29)25-12-11-19-7-4-3-5-8-19)26-23(28)20-9-6-10-21(17-20)33(30,31)27-13-15-32-16-14-27/h6-7,9-10,17-18,22H,3-5,8,11-16H2,1-2H3,(H,25,29)(H,26,28)/t22-/m0/s1. The Morgan fingerprint density at radius 1 is 1.15 bits per heavy atom. The minimum absolute atomic E-state index is 0.0587. The minimum Gasteiger partial charge on any atom is -0.379 e. The molecule has 1 aromatic carbocycles. The van der Waals surface area contributed by atoms with Gasteiger partial charge in [-0.25, -0.2) is 8.42 Å². The quantitative estimate of drug-likeness (QED) is 0.532. The van der Waals surface area contributed by atoms with Crippen molar-refractivity contribution in [2.75, 3.05) is 32.8 Å². The maximum atomic E-state index is 12.9. The monoisotopic (exact) mass is 477 g/mol. The molecule has 1 saturated heterocycles. The van der Waals surface area contributed by atoms with Crippen molar-refractivity contribution in [1.82, 2.24) is 14.9 Å². The highest BCUT2D eigenvalue weighted by molar-refractivity contribution is 7.89. The summed E-state index contributed by atoms with van der Waals surface area (Å²) in [7, 11) is -3.71. The molecule has 1 aliphatic heterocycles. The number of allylic oxidation sites excluding steroid dienone is 1. The molecule has 3 rings (SSSR count). The third-order valence-electron chi connectivity index (χ3n) is 6.07. The fourth-order valence-electron chi connectivity index (χ4n) is 4.08. The number of carbonyl (C=O) groups is 2. The van der Waals surface area contributed by atoms with E-state index in [-0.39, 0.29) is 35.4 Å². The van der Waals surface area contributed by atoms with Crippen molar-refractivity contribution in [3.05, 3.63) is 41.5 Å². The molecule has 8 nitrogen and oxygen atoms in total. The Kier molecular flexibility index (Phi) is 9.05. The Labute approximate surface area is 196 Å². The number of nitrogens with zero attached hydrogens (tertiary/aromatic N) is 1. The molecule has 2 N–H and O–H groups in total. The van der Waals surface area contributed by atoms with Crippen molar-refractivity contribution in [3.8, 4) is 0 Å². The molecule has 182 valence electrons. The van der Waals surface area contributed by atoms with Gasteiger partial charge in [-0.05, 0) is 56.2 Å². The van der Waals surface area contributed by atoms with E-state index in [1.54, 1.807) is 12.1 Å². The summed E-state index contributed by atoms with van der Waals surface area (Å²) < 4.78 is 32.4. The molecule has 0 saturated carbocycles. The second-order valence-corrected chi connectivity index (χ2v) is 10.8. The van der Waals surface area contributed by atoms with E-state index in [4.69, 9.17) is 4.74 Å². The van der Waals surface area contributed by atoms with Crippen molar-refractivity contribution in [1.29, 1.82) is 0 Å². The van der Waals surface area contributed by atoms with Crippen LogP contribution in [0, 0.1) is 5.92 Å². The van der Waals surface area contributed by atoms with Crippen LogP contribution in [0.4, 0.5) is 0 Å². The van der Waals surface area contributed by atoms with E-state index in [1.807, 2.05) is 13.8 Å². The molecule has 1 aliphatic carbocycles. The first-order valence-electron chi connectivity index (χ1n) is 11.7. The first-order chi connectivity index (χ1) is 15.8. The van der Waals surface area contributed by atoms with Crippen molar-refractivity contribution < 1.29 is 22.7 Å². The van der Waals surface area contributed by atoms with E-state index in [2.05, 4.69) is 16.7 Å². The number of carbonyl (C=O) groups excluding carboxylic acids is 2. The van der Waals surface area contributed by atoms with Crippen LogP contribution in [0.2, 0.25) is 0 Å². The van der Waals surface area contributed by atoms with Gasteiger partial charge in [-0.3, -0.25) is 9.59 Å². The van der Waals surface area contributed by atoms with Crippen LogP contribution in [0.15, 0.2) is 40.8 Å². The fraction of sp³-hybridized carbons (Fsp3) is 0.583. The van der Waals surface area contributed by atoms with E-state index >= 15 is 0 Å². The molecule has 1 fully saturated rings. The van der Waals surface area contributed by atoms with E-state index in [9.17, 15) is 18.0 Å². The maximum Gasteiger partial charge on any atom is 0.251 e. The van der Waals surface area contributed by atoms with Crippen molar-refractivity contribution >= 4 is 21.8 Å². The normalized spacial score (nSPS) is 18.5. The molecular weight excluding hydrogens is 442 g/mol. The summed E-state index contributed by atoms with van der Waals surface area (Å²) in [5.74, 6) is -0.826. The van der Waals surface area contributed by atoms with E-state index in [0.717, 1.165) is 19.3 Å². The van der Waals surface area contributed by atoms with Gasteiger partial charge in [0, 0.05) is 25.2 Å². The summed E-state index contributed by atoms with van der Waals surface area (Å²) in [5, 5.41) is 5.72. The van der Waals surface area contributed by atoms with Crippen LogP contribution in [0.25, 0.3) is 0 Å². The largest absolute Gasteiger partial charge is 0.379 e. The Hall–Kier alpha value is -2.23. The SMILES string of the molecule is CC(C)[C@H](NC(=O)c1cccc(S(=O)(=O)N2CCOCC2)c1)C(=O)NCCC1=CCCCC1. The number of hydrogen-bond acceptors (Lipinski definition) is 5.